The van der Waals surface area contributed by atoms with E-state index in [1.165, 1.54) is 0 Å². The van der Waals surface area contributed by atoms with E-state index in [0.717, 1.165) is 10.0 Å². The molecule has 24 heavy (non-hydrogen) atoms. The maximum Gasteiger partial charge on any atom is 0.277 e. The number of nitrogens with one attached hydrogen (secondary N) is 1. The van der Waals surface area contributed by atoms with E-state index in [1.54, 1.807) is 18.2 Å². The maximum absolute atomic E-state index is 11.8. The number of halogens is 1. The lowest BCUT2D eigenvalue weighted by Gasteiger charge is -2.06. The van der Waals surface area contributed by atoms with Crippen LogP contribution < -0.4 is 19.6 Å². The number of ether oxygens (including phenoxy) is 3. The van der Waals surface area contributed by atoms with E-state index >= 15 is 0 Å². The van der Waals surface area contributed by atoms with Gasteiger partial charge < -0.3 is 14.2 Å². The molecule has 0 aromatic heterocycles. The van der Waals surface area contributed by atoms with Crippen molar-refractivity contribution >= 4 is 27.5 Å². The summed E-state index contributed by atoms with van der Waals surface area (Å²) in [7, 11) is 0. The third-order valence-corrected chi connectivity index (χ3v) is 3.85. The van der Waals surface area contributed by atoms with Crippen molar-refractivity contribution < 1.29 is 19.0 Å². The van der Waals surface area contributed by atoms with Gasteiger partial charge in [0.1, 0.15) is 5.75 Å². The summed E-state index contributed by atoms with van der Waals surface area (Å²) in [6.45, 7) is 1.88. The SMILES string of the molecule is CC(=NNC(=O)COc1ccc2c(c1)OCO2)c1ccc(Br)cc1. The molecule has 0 bridgehead atoms. The van der Waals surface area contributed by atoms with Crippen LogP contribution in [0.15, 0.2) is 52.0 Å². The van der Waals surface area contributed by atoms with Crippen molar-refractivity contribution in [1.29, 1.82) is 0 Å². The molecule has 1 aliphatic heterocycles. The molecule has 3 rings (SSSR count). The molecule has 1 N–H and O–H groups in total. The van der Waals surface area contributed by atoms with Crippen LogP contribution in [-0.2, 0) is 4.79 Å². The average molecular weight is 391 g/mol. The summed E-state index contributed by atoms with van der Waals surface area (Å²) in [6.07, 6.45) is 0. The van der Waals surface area contributed by atoms with Gasteiger partial charge in [-0.15, -0.1) is 0 Å². The van der Waals surface area contributed by atoms with E-state index in [0.29, 0.717) is 23.0 Å². The van der Waals surface area contributed by atoms with Crippen LogP contribution in [0.5, 0.6) is 17.2 Å². The molecule has 0 aliphatic carbocycles. The molecule has 0 saturated carbocycles. The van der Waals surface area contributed by atoms with Gasteiger partial charge in [0.05, 0.1) is 5.71 Å². The molecular formula is C17H15BrN2O4. The largest absolute Gasteiger partial charge is 0.484 e. The molecule has 6 nitrogen and oxygen atoms in total. The average Bonchev–Trinajstić information content (AvgIpc) is 3.06. The molecule has 0 atom stereocenters. The minimum absolute atomic E-state index is 0.142. The minimum atomic E-state index is -0.343. The highest BCUT2D eigenvalue weighted by atomic mass is 79.9. The molecule has 1 heterocycles. The lowest BCUT2D eigenvalue weighted by Crippen LogP contribution is -2.25. The molecule has 1 aliphatic rings. The third kappa shape index (κ3) is 4.05. The van der Waals surface area contributed by atoms with Crippen LogP contribution in [0.3, 0.4) is 0 Å². The lowest BCUT2D eigenvalue weighted by atomic mass is 10.1. The first-order chi connectivity index (χ1) is 11.6. The zero-order valence-electron chi connectivity index (χ0n) is 12.9. The van der Waals surface area contributed by atoms with Gasteiger partial charge in [-0.1, -0.05) is 28.1 Å². The molecule has 0 saturated heterocycles. The van der Waals surface area contributed by atoms with Crippen LogP contribution in [-0.4, -0.2) is 25.0 Å². The van der Waals surface area contributed by atoms with Crippen LogP contribution in [0, 0.1) is 0 Å². The first-order valence-electron chi connectivity index (χ1n) is 7.23. The zero-order valence-corrected chi connectivity index (χ0v) is 14.5. The first kappa shape index (κ1) is 16.3. The Morgan fingerprint density at radius 3 is 2.75 bits per heavy atom. The summed E-state index contributed by atoms with van der Waals surface area (Å²) in [6, 6.07) is 12.8. The Morgan fingerprint density at radius 2 is 1.96 bits per heavy atom. The molecule has 0 spiro atoms. The lowest BCUT2D eigenvalue weighted by molar-refractivity contribution is -0.123. The number of amides is 1. The van der Waals surface area contributed by atoms with Crippen molar-refractivity contribution in [2.45, 2.75) is 6.92 Å². The van der Waals surface area contributed by atoms with Crippen LogP contribution in [0.4, 0.5) is 0 Å². The quantitative estimate of drug-likeness (QED) is 0.628. The highest BCUT2D eigenvalue weighted by molar-refractivity contribution is 9.10. The van der Waals surface area contributed by atoms with E-state index in [2.05, 4.69) is 26.5 Å². The number of hydrogen-bond acceptors (Lipinski definition) is 5. The fraction of sp³-hybridized carbons (Fsp3) is 0.176. The number of rotatable bonds is 5. The highest BCUT2D eigenvalue weighted by Gasteiger charge is 2.14. The number of carbonyl (C=O) groups is 1. The molecular weight excluding hydrogens is 376 g/mol. The fourth-order valence-corrected chi connectivity index (χ4v) is 2.31. The van der Waals surface area contributed by atoms with Gasteiger partial charge in [0.2, 0.25) is 6.79 Å². The van der Waals surface area contributed by atoms with E-state index < -0.39 is 0 Å². The number of fused-ring (bicyclic) bond motifs is 1. The van der Waals surface area contributed by atoms with Gasteiger partial charge in [0.25, 0.3) is 5.91 Å². The maximum atomic E-state index is 11.8. The number of nitrogens with zero attached hydrogens (tertiary/aromatic N) is 1. The van der Waals surface area contributed by atoms with Gasteiger partial charge in [-0.2, -0.15) is 5.10 Å². The standard InChI is InChI=1S/C17H15BrN2O4/c1-11(12-2-4-13(18)5-3-12)19-20-17(21)9-22-14-6-7-15-16(8-14)24-10-23-15/h2-8H,9-10H2,1H3,(H,20,21). The van der Waals surface area contributed by atoms with Gasteiger partial charge in [-0.3, -0.25) is 4.79 Å². The second-order valence-corrected chi connectivity index (χ2v) is 5.96. The summed E-state index contributed by atoms with van der Waals surface area (Å²) >= 11 is 3.38. The van der Waals surface area contributed by atoms with Crippen molar-refractivity contribution in [3.05, 3.63) is 52.5 Å². The van der Waals surface area contributed by atoms with Gasteiger partial charge in [0.15, 0.2) is 18.1 Å². The van der Waals surface area contributed by atoms with Gasteiger partial charge in [-0.05, 0) is 36.8 Å². The number of hydrazone groups is 1. The summed E-state index contributed by atoms with van der Waals surface area (Å²) in [5.41, 5.74) is 4.11. The molecule has 1 amide bonds. The predicted molar refractivity (Wildman–Crippen MR) is 92.6 cm³/mol. The summed E-state index contributed by atoms with van der Waals surface area (Å²) in [4.78, 5) is 11.8. The summed E-state index contributed by atoms with van der Waals surface area (Å²) in [5.74, 6) is 1.46. The molecule has 0 radical (unpaired) electrons. The monoisotopic (exact) mass is 390 g/mol. The van der Waals surface area contributed by atoms with Crippen LogP contribution in [0.2, 0.25) is 0 Å². The first-order valence-corrected chi connectivity index (χ1v) is 8.02. The smallest absolute Gasteiger partial charge is 0.277 e. The van der Waals surface area contributed by atoms with Crippen LogP contribution in [0.1, 0.15) is 12.5 Å². The Bertz CT molecular complexity index is 775. The van der Waals surface area contributed by atoms with Crippen molar-refractivity contribution in [2.24, 2.45) is 5.10 Å². The topological polar surface area (TPSA) is 69.2 Å². The van der Waals surface area contributed by atoms with E-state index in [9.17, 15) is 4.79 Å². The minimum Gasteiger partial charge on any atom is -0.484 e. The number of benzene rings is 2. The number of carbonyl (C=O) groups excluding carboxylic acids is 1. The molecule has 2 aromatic carbocycles. The van der Waals surface area contributed by atoms with Crippen LogP contribution in [0.25, 0.3) is 0 Å². The molecule has 0 fully saturated rings. The van der Waals surface area contributed by atoms with Gasteiger partial charge in [0, 0.05) is 10.5 Å². The Kier molecular flexibility index (Phi) is 5.00. The normalized spacial score (nSPS) is 12.8. The van der Waals surface area contributed by atoms with Crippen molar-refractivity contribution in [2.75, 3.05) is 13.4 Å². The molecule has 124 valence electrons. The molecule has 2 aromatic rings. The predicted octanol–water partition coefficient (Wildman–Crippen LogP) is 3.10. The summed E-state index contributed by atoms with van der Waals surface area (Å²) in [5, 5.41) is 4.07. The molecule has 0 unspecified atom stereocenters. The van der Waals surface area contributed by atoms with Gasteiger partial charge >= 0.3 is 0 Å². The van der Waals surface area contributed by atoms with E-state index in [1.807, 2.05) is 31.2 Å². The van der Waals surface area contributed by atoms with Gasteiger partial charge in [-0.25, -0.2) is 5.43 Å². The van der Waals surface area contributed by atoms with Crippen molar-refractivity contribution in [1.82, 2.24) is 5.43 Å². The Labute approximate surface area is 147 Å². The van der Waals surface area contributed by atoms with Crippen molar-refractivity contribution in [3.8, 4) is 17.2 Å². The fourth-order valence-electron chi connectivity index (χ4n) is 2.05. The van der Waals surface area contributed by atoms with E-state index in [-0.39, 0.29) is 19.3 Å². The third-order valence-electron chi connectivity index (χ3n) is 3.32. The zero-order chi connectivity index (χ0) is 16.9. The Balaban J connectivity index is 1.52. The summed E-state index contributed by atoms with van der Waals surface area (Å²) < 4.78 is 16.9. The Hall–Kier alpha value is -2.54. The van der Waals surface area contributed by atoms with Crippen LogP contribution >= 0.6 is 15.9 Å². The number of hydrogen-bond donors (Lipinski definition) is 1. The van der Waals surface area contributed by atoms with Crippen molar-refractivity contribution in [3.63, 3.8) is 0 Å². The second kappa shape index (κ2) is 7.35. The Morgan fingerprint density at radius 1 is 1.21 bits per heavy atom. The second-order valence-electron chi connectivity index (χ2n) is 5.04. The van der Waals surface area contributed by atoms with E-state index in [4.69, 9.17) is 14.2 Å². The highest BCUT2D eigenvalue weighted by Crippen LogP contribution is 2.34. The molecule has 7 heteroatoms.